The van der Waals surface area contributed by atoms with Crippen molar-refractivity contribution in [3.63, 3.8) is 0 Å². The van der Waals surface area contributed by atoms with Crippen molar-refractivity contribution in [2.75, 3.05) is 0 Å². The summed E-state index contributed by atoms with van der Waals surface area (Å²) in [5.74, 6) is 0. The van der Waals surface area contributed by atoms with Crippen LogP contribution < -0.4 is 0 Å². The molecule has 0 amide bonds. The molecule has 0 saturated carbocycles. The molecule has 186 valence electrons. The lowest BCUT2D eigenvalue weighted by Crippen LogP contribution is -1.90. The molecule has 0 saturated heterocycles. The van der Waals surface area contributed by atoms with Gasteiger partial charge in [0, 0.05) is 34.3 Å². The van der Waals surface area contributed by atoms with E-state index in [2.05, 4.69) is 120 Å². The highest BCUT2D eigenvalue weighted by Crippen LogP contribution is 2.36. The minimum atomic E-state index is 0.936. The third-order valence-electron chi connectivity index (χ3n) is 7.74. The molecule has 0 spiro atoms. The van der Waals surface area contributed by atoms with Crippen LogP contribution in [0.15, 0.2) is 140 Å². The van der Waals surface area contributed by atoms with E-state index in [1.807, 2.05) is 12.1 Å². The van der Waals surface area contributed by atoms with Crippen molar-refractivity contribution in [1.29, 1.82) is 0 Å². The standard InChI is InChI=1S/C37H23N3/c1-2-6-30-27(5-1)21-33(32-8-4-3-7-31(30)32)28-11-9-24-14-16-35(40-36(24)22-28)29-12-10-25-13-15-34(39-37(25)23-29)26-17-19-38-20-18-26/h1-23H. The van der Waals surface area contributed by atoms with E-state index >= 15 is 0 Å². The maximum atomic E-state index is 5.13. The smallest absolute Gasteiger partial charge is 0.0716 e. The second kappa shape index (κ2) is 9.11. The molecule has 3 aromatic heterocycles. The van der Waals surface area contributed by atoms with Crippen LogP contribution in [0.3, 0.4) is 0 Å². The Kier molecular flexibility index (Phi) is 5.14. The van der Waals surface area contributed by atoms with Gasteiger partial charge in [0.2, 0.25) is 0 Å². The van der Waals surface area contributed by atoms with Crippen LogP contribution in [-0.2, 0) is 0 Å². The van der Waals surface area contributed by atoms with E-state index in [-0.39, 0.29) is 0 Å². The average Bonchev–Trinajstić information content (AvgIpc) is 3.03. The van der Waals surface area contributed by atoms with Crippen LogP contribution in [-0.4, -0.2) is 15.0 Å². The molecule has 0 N–H and O–H groups in total. The zero-order valence-electron chi connectivity index (χ0n) is 21.6. The summed E-state index contributed by atoms with van der Waals surface area (Å²) in [5.41, 5.74) is 8.30. The summed E-state index contributed by atoms with van der Waals surface area (Å²) in [6, 6.07) is 45.0. The van der Waals surface area contributed by atoms with Crippen LogP contribution in [0.5, 0.6) is 0 Å². The van der Waals surface area contributed by atoms with Gasteiger partial charge in [-0.25, -0.2) is 9.97 Å². The van der Waals surface area contributed by atoms with Crippen molar-refractivity contribution < 1.29 is 0 Å². The predicted molar refractivity (Wildman–Crippen MR) is 166 cm³/mol. The summed E-state index contributed by atoms with van der Waals surface area (Å²) in [6.45, 7) is 0. The number of pyridine rings is 3. The number of aromatic nitrogens is 3. The molecule has 0 aliphatic rings. The summed E-state index contributed by atoms with van der Waals surface area (Å²) in [5, 5.41) is 7.27. The van der Waals surface area contributed by atoms with E-state index < -0.39 is 0 Å². The quantitative estimate of drug-likeness (QED) is 0.223. The van der Waals surface area contributed by atoms with Crippen molar-refractivity contribution in [2.24, 2.45) is 0 Å². The van der Waals surface area contributed by atoms with Crippen molar-refractivity contribution >= 4 is 43.4 Å². The molecule has 8 aromatic rings. The van der Waals surface area contributed by atoms with Crippen molar-refractivity contribution in [2.45, 2.75) is 0 Å². The van der Waals surface area contributed by atoms with Gasteiger partial charge in [0.1, 0.15) is 0 Å². The molecule has 0 aliphatic carbocycles. The summed E-state index contributed by atoms with van der Waals surface area (Å²) < 4.78 is 0. The van der Waals surface area contributed by atoms with E-state index in [1.54, 1.807) is 12.4 Å². The zero-order chi connectivity index (χ0) is 26.5. The van der Waals surface area contributed by atoms with Crippen molar-refractivity contribution in [3.8, 4) is 33.6 Å². The molecular weight excluding hydrogens is 486 g/mol. The Morgan fingerprint density at radius 1 is 0.375 bits per heavy atom. The number of benzene rings is 5. The number of nitrogens with zero attached hydrogens (tertiary/aromatic N) is 3. The van der Waals surface area contributed by atoms with Gasteiger partial charge in [0.05, 0.1) is 22.4 Å². The molecule has 0 fully saturated rings. The molecule has 8 rings (SSSR count). The molecule has 0 bridgehead atoms. The predicted octanol–water partition coefficient (Wildman–Crippen LogP) is 9.49. The first kappa shape index (κ1) is 22.6. The maximum Gasteiger partial charge on any atom is 0.0716 e. The SMILES string of the molecule is c1ccc2c(c1)cc(-c1ccc3ccc(-c4ccc5ccc(-c6ccncc6)nc5c4)nc3c1)c1ccccc12. The van der Waals surface area contributed by atoms with Crippen LogP contribution in [0.25, 0.3) is 77.0 Å². The molecule has 40 heavy (non-hydrogen) atoms. The van der Waals surface area contributed by atoms with E-state index in [0.717, 1.165) is 44.3 Å². The highest BCUT2D eigenvalue weighted by molar-refractivity contribution is 6.14. The third kappa shape index (κ3) is 3.79. The van der Waals surface area contributed by atoms with Gasteiger partial charge in [-0.1, -0.05) is 84.9 Å². The van der Waals surface area contributed by atoms with Gasteiger partial charge in [-0.2, -0.15) is 0 Å². The first-order valence-corrected chi connectivity index (χ1v) is 13.4. The first-order chi connectivity index (χ1) is 19.8. The largest absolute Gasteiger partial charge is 0.265 e. The second-order valence-corrected chi connectivity index (χ2v) is 10.1. The van der Waals surface area contributed by atoms with Crippen molar-refractivity contribution in [3.05, 3.63) is 140 Å². The van der Waals surface area contributed by atoms with E-state index in [9.17, 15) is 0 Å². The van der Waals surface area contributed by atoms with E-state index in [4.69, 9.17) is 9.97 Å². The number of hydrogen-bond acceptors (Lipinski definition) is 3. The third-order valence-corrected chi connectivity index (χ3v) is 7.74. The molecule has 3 heteroatoms. The number of hydrogen-bond donors (Lipinski definition) is 0. The summed E-state index contributed by atoms with van der Waals surface area (Å²) in [6.07, 6.45) is 3.59. The van der Waals surface area contributed by atoms with Gasteiger partial charge in [-0.05, 0) is 75.1 Å². The molecule has 3 heterocycles. The van der Waals surface area contributed by atoms with E-state index in [0.29, 0.717) is 0 Å². The Morgan fingerprint density at radius 3 is 1.70 bits per heavy atom. The summed E-state index contributed by atoms with van der Waals surface area (Å²) in [7, 11) is 0. The lowest BCUT2D eigenvalue weighted by molar-refractivity contribution is 1.31. The second-order valence-electron chi connectivity index (χ2n) is 10.1. The van der Waals surface area contributed by atoms with Gasteiger partial charge >= 0.3 is 0 Å². The Bertz CT molecular complexity index is 2220. The summed E-state index contributed by atoms with van der Waals surface area (Å²) >= 11 is 0. The molecule has 0 unspecified atom stereocenters. The molecule has 5 aromatic carbocycles. The van der Waals surface area contributed by atoms with Gasteiger partial charge in [0.25, 0.3) is 0 Å². The van der Waals surface area contributed by atoms with Crippen LogP contribution in [0, 0.1) is 0 Å². The minimum Gasteiger partial charge on any atom is -0.265 e. The first-order valence-electron chi connectivity index (χ1n) is 13.4. The van der Waals surface area contributed by atoms with Crippen molar-refractivity contribution in [1.82, 2.24) is 15.0 Å². The molecule has 3 nitrogen and oxygen atoms in total. The van der Waals surface area contributed by atoms with E-state index in [1.165, 1.54) is 32.7 Å². The zero-order valence-corrected chi connectivity index (χ0v) is 21.6. The van der Waals surface area contributed by atoms with Gasteiger partial charge in [0.15, 0.2) is 0 Å². The lowest BCUT2D eigenvalue weighted by atomic mass is 9.93. The van der Waals surface area contributed by atoms with Crippen LogP contribution in [0.2, 0.25) is 0 Å². The maximum absolute atomic E-state index is 5.13. The highest BCUT2D eigenvalue weighted by atomic mass is 14.7. The monoisotopic (exact) mass is 509 g/mol. The lowest BCUT2D eigenvalue weighted by Gasteiger charge is -2.12. The Balaban J connectivity index is 1.25. The van der Waals surface area contributed by atoms with Crippen LogP contribution in [0.1, 0.15) is 0 Å². The highest BCUT2D eigenvalue weighted by Gasteiger charge is 2.11. The fourth-order valence-corrected chi connectivity index (χ4v) is 5.70. The van der Waals surface area contributed by atoms with Crippen LogP contribution in [0.4, 0.5) is 0 Å². The molecule has 0 atom stereocenters. The number of fused-ring (bicyclic) bond motifs is 5. The molecule has 0 radical (unpaired) electrons. The fraction of sp³-hybridized carbons (Fsp3) is 0. The van der Waals surface area contributed by atoms with Gasteiger partial charge in [-0.3, -0.25) is 4.98 Å². The average molecular weight is 510 g/mol. The Morgan fingerprint density at radius 2 is 0.950 bits per heavy atom. The Hall–Kier alpha value is -5.41. The summed E-state index contributed by atoms with van der Waals surface area (Å²) in [4.78, 5) is 14.2. The topological polar surface area (TPSA) is 38.7 Å². The van der Waals surface area contributed by atoms with Gasteiger partial charge in [-0.15, -0.1) is 0 Å². The Labute approximate surface area is 231 Å². The molecular formula is C37H23N3. The van der Waals surface area contributed by atoms with Gasteiger partial charge < -0.3 is 0 Å². The minimum absolute atomic E-state index is 0.936. The molecule has 0 aliphatic heterocycles. The normalized spacial score (nSPS) is 11.5. The van der Waals surface area contributed by atoms with Crippen LogP contribution >= 0.6 is 0 Å². The number of rotatable bonds is 3. The fourth-order valence-electron chi connectivity index (χ4n) is 5.70.